The van der Waals surface area contributed by atoms with Crippen molar-refractivity contribution in [2.45, 2.75) is 58.2 Å². The summed E-state index contributed by atoms with van der Waals surface area (Å²) in [6.45, 7) is 4.99. The third-order valence-electron chi connectivity index (χ3n) is 3.85. The first-order valence-corrected chi connectivity index (χ1v) is 9.36. The summed E-state index contributed by atoms with van der Waals surface area (Å²) in [6.07, 6.45) is 0.906. The average molecular weight is 415 g/mol. The number of amides is 3. The number of aliphatic imine (C=N–C) groups is 1. The number of carbonyl (C=O) groups is 4. The first kappa shape index (κ1) is 26.1. The fraction of sp³-hybridized carbons (Fsp3) is 0.706. The SMILES string of the molecule is CC(C)CC(NC(=O)C(CCCN=C(N)N)NC(=O)CN)C(=O)NC(C)C(=O)O. The van der Waals surface area contributed by atoms with Crippen molar-refractivity contribution in [1.29, 1.82) is 0 Å². The molecule has 0 saturated heterocycles. The van der Waals surface area contributed by atoms with Gasteiger partial charge in [0.15, 0.2) is 5.96 Å². The van der Waals surface area contributed by atoms with Crippen molar-refractivity contribution in [2.75, 3.05) is 13.1 Å². The molecule has 0 saturated carbocycles. The summed E-state index contributed by atoms with van der Waals surface area (Å²) in [5, 5.41) is 16.4. The van der Waals surface area contributed by atoms with Gasteiger partial charge in [0, 0.05) is 6.54 Å². The number of aliphatic carboxylic acids is 1. The maximum atomic E-state index is 12.7. The number of nitrogens with zero attached hydrogens (tertiary/aromatic N) is 1. The second kappa shape index (κ2) is 13.3. The van der Waals surface area contributed by atoms with Crippen molar-refractivity contribution in [3.8, 4) is 0 Å². The molecule has 3 amide bonds. The highest BCUT2D eigenvalue weighted by Crippen LogP contribution is 2.07. The molecule has 0 radical (unpaired) electrons. The molecule has 12 nitrogen and oxygen atoms in total. The molecule has 3 unspecified atom stereocenters. The highest BCUT2D eigenvalue weighted by molar-refractivity contribution is 5.93. The maximum absolute atomic E-state index is 12.7. The van der Waals surface area contributed by atoms with Crippen molar-refractivity contribution >= 4 is 29.7 Å². The van der Waals surface area contributed by atoms with Crippen LogP contribution < -0.4 is 33.2 Å². The minimum Gasteiger partial charge on any atom is -0.480 e. The Kier molecular flexibility index (Phi) is 12.0. The van der Waals surface area contributed by atoms with Crippen LogP contribution in [0.25, 0.3) is 0 Å². The second-order valence-corrected chi connectivity index (χ2v) is 7.03. The van der Waals surface area contributed by atoms with Gasteiger partial charge in [-0.15, -0.1) is 0 Å². The Labute approximate surface area is 170 Å². The quantitative estimate of drug-likeness (QED) is 0.0975. The van der Waals surface area contributed by atoms with E-state index in [1.54, 1.807) is 0 Å². The summed E-state index contributed by atoms with van der Waals surface area (Å²) in [6, 6.07) is -3.01. The van der Waals surface area contributed by atoms with Gasteiger partial charge in [0.2, 0.25) is 17.7 Å². The molecule has 29 heavy (non-hydrogen) atoms. The summed E-state index contributed by atoms with van der Waals surface area (Å²) >= 11 is 0. The van der Waals surface area contributed by atoms with Gasteiger partial charge in [0.25, 0.3) is 0 Å². The van der Waals surface area contributed by atoms with Crippen LogP contribution in [0.4, 0.5) is 0 Å². The van der Waals surface area contributed by atoms with Crippen LogP contribution in [-0.2, 0) is 19.2 Å². The molecule has 0 heterocycles. The number of nitrogens with two attached hydrogens (primary N) is 3. The van der Waals surface area contributed by atoms with Crippen LogP contribution in [0.1, 0.15) is 40.0 Å². The lowest BCUT2D eigenvalue weighted by Gasteiger charge is -2.24. The molecule has 0 aliphatic heterocycles. The van der Waals surface area contributed by atoms with E-state index in [9.17, 15) is 19.2 Å². The maximum Gasteiger partial charge on any atom is 0.325 e. The summed E-state index contributed by atoms with van der Waals surface area (Å²) < 4.78 is 0. The molecule has 166 valence electrons. The highest BCUT2D eigenvalue weighted by Gasteiger charge is 2.28. The molecular formula is C17H33N7O5. The fourth-order valence-electron chi connectivity index (χ4n) is 2.38. The van der Waals surface area contributed by atoms with Gasteiger partial charge in [-0.05, 0) is 32.1 Å². The number of guanidine groups is 1. The molecule has 0 aromatic rings. The lowest BCUT2D eigenvalue weighted by Crippen LogP contribution is -2.56. The lowest BCUT2D eigenvalue weighted by molar-refractivity contribution is -0.141. The molecule has 0 rings (SSSR count). The Balaban J connectivity index is 5.20. The van der Waals surface area contributed by atoms with Crippen molar-refractivity contribution in [1.82, 2.24) is 16.0 Å². The molecule has 0 aliphatic carbocycles. The number of hydrogen-bond donors (Lipinski definition) is 7. The van der Waals surface area contributed by atoms with Crippen molar-refractivity contribution in [2.24, 2.45) is 28.1 Å². The van der Waals surface area contributed by atoms with Gasteiger partial charge in [-0.2, -0.15) is 0 Å². The van der Waals surface area contributed by atoms with E-state index in [1.165, 1.54) is 6.92 Å². The Bertz CT molecular complexity index is 605. The summed E-state index contributed by atoms with van der Waals surface area (Å²) in [5.41, 5.74) is 15.8. The van der Waals surface area contributed by atoms with E-state index in [4.69, 9.17) is 22.3 Å². The summed E-state index contributed by atoms with van der Waals surface area (Å²) in [7, 11) is 0. The van der Waals surface area contributed by atoms with E-state index >= 15 is 0 Å². The summed E-state index contributed by atoms with van der Waals surface area (Å²) in [5.74, 6) is -2.97. The molecule has 3 atom stereocenters. The van der Waals surface area contributed by atoms with Crippen LogP contribution in [0.2, 0.25) is 0 Å². The van der Waals surface area contributed by atoms with Crippen LogP contribution in [-0.4, -0.2) is 66.0 Å². The van der Waals surface area contributed by atoms with Gasteiger partial charge in [-0.25, -0.2) is 0 Å². The van der Waals surface area contributed by atoms with Crippen LogP contribution >= 0.6 is 0 Å². The topological polar surface area (TPSA) is 215 Å². The molecule has 10 N–H and O–H groups in total. The molecule has 0 spiro atoms. The minimum atomic E-state index is -1.19. The van der Waals surface area contributed by atoms with Crippen molar-refractivity contribution in [3.63, 3.8) is 0 Å². The molecule has 0 aliphatic rings. The molecular weight excluding hydrogens is 382 g/mol. The minimum absolute atomic E-state index is 0.0464. The van der Waals surface area contributed by atoms with Gasteiger partial charge in [0.1, 0.15) is 18.1 Å². The molecule has 0 bridgehead atoms. The smallest absolute Gasteiger partial charge is 0.325 e. The number of carboxylic acid groups (broad SMARTS) is 1. The largest absolute Gasteiger partial charge is 0.480 e. The predicted octanol–water partition coefficient (Wildman–Crippen LogP) is -2.40. The van der Waals surface area contributed by atoms with Gasteiger partial charge in [0.05, 0.1) is 6.54 Å². The van der Waals surface area contributed by atoms with Gasteiger partial charge >= 0.3 is 5.97 Å². The monoisotopic (exact) mass is 415 g/mol. The number of nitrogens with one attached hydrogen (secondary N) is 3. The van der Waals surface area contributed by atoms with Crippen LogP contribution in [0.3, 0.4) is 0 Å². The first-order valence-electron chi connectivity index (χ1n) is 9.36. The average Bonchev–Trinajstić information content (AvgIpc) is 2.62. The summed E-state index contributed by atoms with van der Waals surface area (Å²) in [4.78, 5) is 51.6. The van der Waals surface area contributed by atoms with Crippen molar-refractivity contribution in [3.05, 3.63) is 0 Å². The van der Waals surface area contributed by atoms with Gasteiger partial charge in [-0.3, -0.25) is 24.2 Å². The Morgan fingerprint density at radius 3 is 2.03 bits per heavy atom. The van der Waals surface area contributed by atoms with E-state index in [1.807, 2.05) is 13.8 Å². The molecule has 0 fully saturated rings. The zero-order chi connectivity index (χ0) is 22.6. The predicted molar refractivity (Wildman–Crippen MR) is 108 cm³/mol. The fourth-order valence-corrected chi connectivity index (χ4v) is 2.38. The van der Waals surface area contributed by atoms with Gasteiger partial charge in [-0.1, -0.05) is 13.8 Å². The van der Waals surface area contributed by atoms with Crippen molar-refractivity contribution < 1.29 is 24.3 Å². The highest BCUT2D eigenvalue weighted by atomic mass is 16.4. The lowest BCUT2D eigenvalue weighted by atomic mass is 10.0. The van der Waals surface area contributed by atoms with E-state index in [2.05, 4.69) is 20.9 Å². The number of carbonyl (C=O) groups excluding carboxylic acids is 3. The first-order chi connectivity index (χ1) is 13.5. The van der Waals surface area contributed by atoms with Crippen LogP contribution in [0.15, 0.2) is 4.99 Å². The van der Waals surface area contributed by atoms with E-state index in [0.717, 1.165) is 0 Å². The Morgan fingerprint density at radius 1 is 0.966 bits per heavy atom. The molecule has 12 heteroatoms. The molecule has 0 aromatic heterocycles. The van der Waals surface area contributed by atoms with Crippen LogP contribution in [0.5, 0.6) is 0 Å². The third-order valence-corrected chi connectivity index (χ3v) is 3.85. The van der Waals surface area contributed by atoms with Gasteiger partial charge < -0.3 is 38.3 Å². The molecule has 0 aromatic carbocycles. The Hall–Kier alpha value is -2.89. The van der Waals surface area contributed by atoms with E-state index in [0.29, 0.717) is 6.42 Å². The van der Waals surface area contributed by atoms with E-state index in [-0.39, 0.29) is 37.8 Å². The number of hydrogen-bond acceptors (Lipinski definition) is 6. The normalized spacial score (nSPS) is 13.7. The third kappa shape index (κ3) is 11.5. The van der Waals surface area contributed by atoms with E-state index < -0.39 is 41.8 Å². The number of rotatable bonds is 13. The number of carboxylic acids is 1. The van der Waals surface area contributed by atoms with Crippen LogP contribution in [0, 0.1) is 5.92 Å². The zero-order valence-corrected chi connectivity index (χ0v) is 17.1. The zero-order valence-electron chi connectivity index (χ0n) is 17.1. The Morgan fingerprint density at radius 2 is 1.55 bits per heavy atom. The second-order valence-electron chi connectivity index (χ2n) is 7.03. The standard InChI is InChI=1S/C17H33N7O5/c1-9(2)7-12(15(27)22-10(3)16(28)29)24-14(26)11(23-13(25)8-18)5-4-6-21-17(19)20/h9-12H,4-8,18H2,1-3H3,(H,22,27)(H,23,25)(H,24,26)(H,28,29)(H4,19,20,21).